The summed E-state index contributed by atoms with van der Waals surface area (Å²) in [5.41, 5.74) is 1.25. The molecule has 0 radical (unpaired) electrons. The maximum atomic E-state index is 8.83. The van der Waals surface area contributed by atoms with Gasteiger partial charge >= 0.3 is 0 Å². The molecule has 0 atom stereocenters. The highest BCUT2D eigenvalue weighted by atomic mass is 35.5. The van der Waals surface area contributed by atoms with Gasteiger partial charge in [0.15, 0.2) is 0 Å². The van der Waals surface area contributed by atoms with Crippen LogP contribution in [0.5, 0.6) is 0 Å². The molecule has 78 valence electrons. The van der Waals surface area contributed by atoms with Crippen LogP contribution in [0.2, 0.25) is 10.0 Å². The van der Waals surface area contributed by atoms with Gasteiger partial charge in [-0.3, -0.25) is 0 Å². The third-order valence-electron chi connectivity index (χ3n) is 1.93. The van der Waals surface area contributed by atoms with Crippen molar-refractivity contribution in [2.45, 2.75) is 13.3 Å². The van der Waals surface area contributed by atoms with Gasteiger partial charge in [0.25, 0.3) is 0 Å². The normalized spacial score (nSPS) is 11.9. The lowest BCUT2D eigenvalue weighted by atomic mass is 10.1. The zero-order chi connectivity index (χ0) is 11.4. The summed E-state index contributed by atoms with van der Waals surface area (Å²) in [6.07, 6.45) is 0.593. The third-order valence-corrected chi connectivity index (χ3v) is 3.11. The molecule has 0 bridgehead atoms. The summed E-state index contributed by atoms with van der Waals surface area (Å²) in [5, 5.41) is 10.2. The molecule has 0 N–H and O–H groups in total. The third kappa shape index (κ3) is 2.89. The number of allylic oxidation sites excluding steroid dienone is 1. The van der Waals surface area contributed by atoms with Crippen molar-refractivity contribution in [2.75, 3.05) is 0 Å². The molecule has 0 saturated heterocycles. The Morgan fingerprint density at radius 1 is 1.33 bits per heavy atom. The Morgan fingerprint density at radius 3 is 2.47 bits per heavy atom. The van der Waals surface area contributed by atoms with Crippen molar-refractivity contribution in [2.24, 2.45) is 0 Å². The van der Waals surface area contributed by atoms with Crippen molar-refractivity contribution in [1.82, 2.24) is 0 Å². The molecule has 0 spiro atoms. The number of benzene rings is 1. The second-order valence-electron chi connectivity index (χ2n) is 2.89. The van der Waals surface area contributed by atoms with Crippen molar-refractivity contribution in [3.63, 3.8) is 0 Å². The van der Waals surface area contributed by atoms with E-state index in [1.807, 2.05) is 6.92 Å². The monoisotopic (exact) mass is 259 g/mol. The Bertz CT molecular complexity index is 444. The molecular weight excluding hydrogens is 252 g/mol. The van der Waals surface area contributed by atoms with Gasteiger partial charge in [-0.1, -0.05) is 47.8 Å². The molecule has 1 nitrogen and oxygen atoms in total. The van der Waals surface area contributed by atoms with Crippen LogP contribution < -0.4 is 0 Å². The van der Waals surface area contributed by atoms with Crippen LogP contribution in [0.3, 0.4) is 0 Å². The first kappa shape index (κ1) is 12.4. The van der Waals surface area contributed by atoms with Crippen LogP contribution >= 0.6 is 34.8 Å². The van der Waals surface area contributed by atoms with Gasteiger partial charge in [-0.05, 0) is 24.1 Å². The lowest BCUT2D eigenvalue weighted by Gasteiger charge is -2.03. The molecule has 0 aromatic heterocycles. The van der Waals surface area contributed by atoms with Crippen LogP contribution in [0, 0.1) is 11.3 Å². The number of hydrogen-bond acceptors (Lipinski definition) is 1. The van der Waals surface area contributed by atoms with E-state index in [1.54, 1.807) is 18.2 Å². The molecule has 0 fully saturated rings. The Labute approximate surface area is 104 Å². The average molecular weight is 261 g/mol. The minimum atomic E-state index is 0.429. The zero-order valence-corrected chi connectivity index (χ0v) is 10.3. The maximum Gasteiger partial charge on any atom is 0.0962 e. The van der Waals surface area contributed by atoms with Gasteiger partial charge in [-0.2, -0.15) is 5.26 Å². The summed E-state index contributed by atoms with van der Waals surface area (Å²) >= 11 is 17.7. The van der Waals surface area contributed by atoms with Crippen molar-refractivity contribution < 1.29 is 0 Å². The maximum absolute atomic E-state index is 8.83. The fourth-order valence-corrected chi connectivity index (χ4v) is 1.68. The van der Waals surface area contributed by atoms with Gasteiger partial charge in [0.05, 0.1) is 21.1 Å². The fraction of sp³-hybridized carbons (Fsp3) is 0.182. The van der Waals surface area contributed by atoms with Gasteiger partial charge in [0.2, 0.25) is 0 Å². The minimum Gasteiger partial charge on any atom is -0.193 e. The van der Waals surface area contributed by atoms with Gasteiger partial charge < -0.3 is 0 Å². The topological polar surface area (TPSA) is 23.8 Å². The van der Waals surface area contributed by atoms with Crippen LogP contribution in [0.15, 0.2) is 23.8 Å². The highest BCUT2D eigenvalue weighted by molar-refractivity contribution is 6.50. The van der Waals surface area contributed by atoms with Gasteiger partial charge in [0, 0.05) is 5.57 Å². The molecule has 4 heteroatoms. The van der Waals surface area contributed by atoms with E-state index in [-0.39, 0.29) is 0 Å². The molecule has 1 rings (SSSR count). The number of rotatable bonds is 2. The molecule has 0 aliphatic heterocycles. The van der Waals surface area contributed by atoms with Crippen LogP contribution in [0.4, 0.5) is 0 Å². The van der Waals surface area contributed by atoms with E-state index in [0.29, 0.717) is 32.6 Å². The summed E-state index contributed by atoms with van der Waals surface area (Å²) in [5.74, 6) is 0. The quantitative estimate of drug-likeness (QED) is 0.696. The van der Waals surface area contributed by atoms with Crippen molar-refractivity contribution in [3.05, 3.63) is 39.4 Å². The minimum absolute atomic E-state index is 0.429. The number of nitrogens with zero attached hydrogens (tertiary/aromatic N) is 1. The number of halogens is 3. The number of hydrogen-bond donors (Lipinski definition) is 0. The summed E-state index contributed by atoms with van der Waals surface area (Å²) in [6.45, 7) is 1.87. The molecule has 1 aromatic carbocycles. The van der Waals surface area contributed by atoms with Gasteiger partial charge in [0.1, 0.15) is 0 Å². The molecule has 1 aromatic rings. The first-order valence-electron chi connectivity index (χ1n) is 4.34. The Hall–Kier alpha value is -0.680. The second kappa shape index (κ2) is 5.42. The molecule has 0 saturated carbocycles. The highest BCUT2D eigenvalue weighted by Crippen LogP contribution is 2.30. The molecule has 0 unspecified atom stereocenters. The number of nitriles is 1. The summed E-state index contributed by atoms with van der Waals surface area (Å²) in [6, 6.07) is 7.11. The average Bonchev–Trinajstić information content (AvgIpc) is 2.23. The largest absolute Gasteiger partial charge is 0.193 e. The van der Waals surface area contributed by atoms with E-state index in [1.165, 1.54) is 0 Å². The molecule has 0 aliphatic rings. The molecule has 0 aliphatic carbocycles. The second-order valence-corrected chi connectivity index (χ2v) is 4.08. The first-order valence-corrected chi connectivity index (χ1v) is 5.47. The zero-order valence-electron chi connectivity index (χ0n) is 8.02. The van der Waals surface area contributed by atoms with Gasteiger partial charge in [-0.15, -0.1) is 0 Å². The standard InChI is InChI=1S/C11H8Cl3N/c1-2-7(6-15)11(14)8-3-4-9(12)10(13)5-8/h3-5H,2H2,1H3/b11-7-. The van der Waals surface area contributed by atoms with Crippen LogP contribution in [-0.4, -0.2) is 0 Å². The smallest absolute Gasteiger partial charge is 0.0962 e. The van der Waals surface area contributed by atoms with E-state index >= 15 is 0 Å². The van der Waals surface area contributed by atoms with Crippen molar-refractivity contribution in [1.29, 1.82) is 5.26 Å². The van der Waals surface area contributed by atoms with Crippen LogP contribution in [0.25, 0.3) is 5.03 Å². The molecule has 0 heterocycles. The van der Waals surface area contributed by atoms with E-state index in [0.717, 1.165) is 0 Å². The predicted octanol–water partition coefficient (Wildman–Crippen LogP) is 4.88. The van der Waals surface area contributed by atoms with Gasteiger partial charge in [-0.25, -0.2) is 0 Å². The lowest BCUT2D eigenvalue weighted by Crippen LogP contribution is -1.84. The Balaban J connectivity index is 3.24. The lowest BCUT2D eigenvalue weighted by molar-refractivity contribution is 1.16. The summed E-state index contributed by atoms with van der Waals surface area (Å²) < 4.78 is 0. The Morgan fingerprint density at radius 2 is 2.00 bits per heavy atom. The van der Waals surface area contributed by atoms with Crippen molar-refractivity contribution >= 4 is 39.8 Å². The predicted molar refractivity (Wildman–Crippen MR) is 65.1 cm³/mol. The molecular formula is C11H8Cl3N. The van der Waals surface area contributed by atoms with Crippen LogP contribution in [-0.2, 0) is 0 Å². The van der Waals surface area contributed by atoms with Crippen molar-refractivity contribution in [3.8, 4) is 6.07 Å². The van der Waals surface area contributed by atoms with E-state index in [2.05, 4.69) is 6.07 Å². The van der Waals surface area contributed by atoms with E-state index < -0.39 is 0 Å². The van der Waals surface area contributed by atoms with E-state index in [9.17, 15) is 0 Å². The SMILES string of the molecule is CC/C(C#N)=C(/Cl)c1ccc(Cl)c(Cl)c1. The summed E-state index contributed by atoms with van der Waals surface area (Å²) in [7, 11) is 0. The Kier molecular flexibility index (Phi) is 4.47. The van der Waals surface area contributed by atoms with E-state index in [4.69, 9.17) is 40.1 Å². The molecule has 15 heavy (non-hydrogen) atoms. The first-order chi connectivity index (χ1) is 7.10. The highest BCUT2D eigenvalue weighted by Gasteiger charge is 2.07. The van der Waals surface area contributed by atoms with Crippen LogP contribution in [0.1, 0.15) is 18.9 Å². The summed E-state index contributed by atoms with van der Waals surface area (Å²) in [4.78, 5) is 0. The molecule has 0 amide bonds. The fourth-order valence-electron chi connectivity index (χ4n) is 1.09.